The smallest absolute Gasteiger partial charge is 0.160 e. The Balaban J connectivity index is 0.000000411. The fourth-order valence-corrected chi connectivity index (χ4v) is 4.10. The number of ketones is 1. The molecule has 0 spiro atoms. The zero-order valence-electron chi connectivity index (χ0n) is 22.8. The van der Waals surface area contributed by atoms with Gasteiger partial charge in [-0.25, -0.2) is 8.78 Å². The van der Waals surface area contributed by atoms with Gasteiger partial charge in [-0.1, -0.05) is 70.4 Å². The van der Waals surface area contributed by atoms with Crippen molar-refractivity contribution in [2.24, 2.45) is 10.9 Å². The molecule has 0 saturated heterocycles. The van der Waals surface area contributed by atoms with Crippen molar-refractivity contribution in [3.8, 4) is 0 Å². The predicted molar refractivity (Wildman–Crippen MR) is 153 cm³/mol. The lowest BCUT2D eigenvalue weighted by Crippen LogP contribution is -2.37. The molecular weight excluding hydrogens is 468 g/mol. The third-order valence-corrected chi connectivity index (χ3v) is 5.89. The van der Waals surface area contributed by atoms with Crippen molar-refractivity contribution >= 4 is 12.0 Å². The molecule has 2 unspecified atom stereocenters. The van der Waals surface area contributed by atoms with Crippen LogP contribution in [0.5, 0.6) is 0 Å². The number of aryl methyl sites for hydroxylation is 1. The van der Waals surface area contributed by atoms with Crippen LogP contribution in [0.1, 0.15) is 56.5 Å². The summed E-state index contributed by atoms with van der Waals surface area (Å²) in [7, 11) is 1.92. The van der Waals surface area contributed by atoms with E-state index in [4.69, 9.17) is 0 Å². The summed E-state index contributed by atoms with van der Waals surface area (Å²) in [5.74, 6) is -0.430. The molecule has 37 heavy (non-hydrogen) atoms. The van der Waals surface area contributed by atoms with Gasteiger partial charge in [-0.2, -0.15) is 0 Å². The van der Waals surface area contributed by atoms with Crippen LogP contribution in [-0.4, -0.2) is 31.6 Å². The average molecular weight is 510 g/mol. The standard InChI is InChI=1S/C19H24FN3.C10H11FO.C2H6/c1-4-23-14(2)19(21-3)16-8-5-7-15(10-11-16)17-9-6-12-22-13-18(17)20;1-3-8-4-5-9(11)6-10(8)7(2)12;1-2/h4,6-7,9-11,13,16,19,21,23H,1-2,5,8,12H2,3H3;4-6H,3H2,1-2H3;1-2H3. The molecule has 0 aromatic heterocycles. The lowest BCUT2D eigenvalue weighted by molar-refractivity contribution is 0.101. The van der Waals surface area contributed by atoms with E-state index in [2.05, 4.69) is 40.9 Å². The predicted octanol–water partition coefficient (Wildman–Crippen LogP) is 7.19. The highest BCUT2D eigenvalue weighted by atomic mass is 19.1. The third kappa shape index (κ3) is 9.89. The molecule has 0 saturated carbocycles. The van der Waals surface area contributed by atoms with E-state index in [0.717, 1.165) is 36.1 Å². The van der Waals surface area contributed by atoms with E-state index in [1.807, 2.05) is 46.0 Å². The van der Waals surface area contributed by atoms with Crippen LogP contribution in [0.4, 0.5) is 8.78 Å². The van der Waals surface area contributed by atoms with Crippen LogP contribution in [0.3, 0.4) is 0 Å². The molecular formula is C31H41F2N3O. The number of nitrogens with one attached hydrogen (secondary N) is 2. The number of hydrogen-bond acceptors (Lipinski definition) is 4. The topological polar surface area (TPSA) is 53.5 Å². The van der Waals surface area contributed by atoms with Gasteiger partial charge in [0.15, 0.2) is 5.78 Å². The van der Waals surface area contributed by atoms with Crippen molar-refractivity contribution in [1.82, 2.24) is 10.6 Å². The molecule has 2 atom stereocenters. The van der Waals surface area contributed by atoms with Crippen LogP contribution in [-0.2, 0) is 6.42 Å². The van der Waals surface area contributed by atoms with Crippen molar-refractivity contribution in [1.29, 1.82) is 0 Å². The first kappa shape index (κ1) is 31.6. The first-order valence-corrected chi connectivity index (χ1v) is 12.8. The van der Waals surface area contributed by atoms with Crippen LogP contribution in [0, 0.1) is 11.7 Å². The van der Waals surface area contributed by atoms with Crippen molar-refractivity contribution < 1.29 is 13.6 Å². The van der Waals surface area contributed by atoms with Crippen LogP contribution >= 0.6 is 0 Å². The monoisotopic (exact) mass is 509 g/mol. The largest absolute Gasteiger partial charge is 0.365 e. The summed E-state index contributed by atoms with van der Waals surface area (Å²) in [5.41, 5.74) is 3.80. The maximum atomic E-state index is 14.1. The Hall–Kier alpha value is -3.38. The summed E-state index contributed by atoms with van der Waals surface area (Å²) in [4.78, 5) is 15.0. The first-order chi connectivity index (χ1) is 17.8. The number of carbonyl (C=O) groups is 1. The Bertz CT molecular complexity index is 1080. The average Bonchev–Trinajstić information content (AvgIpc) is 3.26. The Morgan fingerprint density at radius 2 is 2.00 bits per heavy atom. The summed E-state index contributed by atoms with van der Waals surface area (Å²) in [6.45, 7) is 15.7. The van der Waals surface area contributed by atoms with Crippen molar-refractivity contribution in [3.63, 3.8) is 0 Å². The molecule has 1 heterocycles. The summed E-state index contributed by atoms with van der Waals surface area (Å²) >= 11 is 0. The molecule has 3 rings (SSSR count). The number of halogens is 2. The number of allylic oxidation sites excluding steroid dienone is 6. The number of aliphatic imine (C=N–C) groups is 1. The fraction of sp³-hybridized carbons (Fsp3) is 0.355. The Kier molecular flexibility index (Phi) is 14.7. The van der Waals surface area contributed by atoms with E-state index in [1.165, 1.54) is 25.3 Å². The van der Waals surface area contributed by atoms with Gasteiger partial charge < -0.3 is 10.6 Å². The molecule has 1 aromatic rings. The highest BCUT2D eigenvalue weighted by Crippen LogP contribution is 2.27. The molecule has 0 bridgehead atoms. The molecule has 0 amide bonds. The molecule has 1 aliphatic carbocycles. The SMILES string of the molecule is C=CNC(=C)C(NC)C1C=CC(C2=C(F)C=NCC=C2)=CCC1.CC.CCc1ccc(F)cc1C(C)=O. The number of nitrogens with zero attached hydrogens (tertiary/aromatic N) is 1. The molecule has 200 valence electrons. The van der Waals surface area contributed by atoms with E-state index in [9.17, 15) is 13.6 Å². The van der Waals surface area contributed by atoms with Gasteiger partial charge in [0.1, 0.15) is 11.6 Å². The van der Waals surface area contributed by atoms with Gasteiger partial charge in [-0.3, -0.25) is 9.79 Å². The number of hydrogen-bond donors (Lipinski definition) is 2. The molecule has 0 radical (unpaired) electrons. The van der Waals surface area contributed by atoms with Gasteiger partial charge >= 0.3 is 0 Å². The third-order valence-electron chi connectivity index (χ3n) is 5.89. The normalized spacial score (nSPS) is 17.2. The van der Waals surface area contributed by atoms with Crippen LogP contribution in [0.2, 0.25) is 0 Å². The summed E-state index contributed by atoms with van der Waals surface area (Å²) in [6.07, 6.45) is 15.5. The van der Waals surface area contributed by atoms with Crippen LogP contribution in [0.15, 0.2) is 95.6 Å². The van der Waals surface area contributed by atoms with Crippen molar-refractivity contribution in [3.05, 3.63) is 108 Å². The maximum absolute atomic E-state index is 14.1. The summed E-state index contributed by atoms with van der Waals surface area (Å²) < 4.78 is 26.8. The molecule has 0 fully saturated rings. The number of carbonyl (C=O) groups excluding carboxylic acids is 1. The number of Topliss-reactive ketones (excluding diaryl/α,β-unsaturated/α-hetero) is 1. The van der Waals surface area contributed by atoms with E-state index >= 15 is 0 Å². The van der Waals surface area contributed by atoms with E-state index in [-0.39, 0.29) is 29.4 Å². The van der Waals surface area contributed by atoms with Gasteiger partial charge in [0.2, 0.25) is 0 Å². The Labute approximate surface area is 221 Å². The second-order valence-corrected chi connectivity index (χ2v) is 8.27. The highest BCUT2D eigenvalue weighted by molar-refractivity contribution is 5.95. The van der Waals surface area contributed by atoms with Gasteiger partial charge in [0.05, 0.1) is 18.8 Å². The van der Waals surface area contributed by atoms with Crippen LogP contribution < -0.4 is 10.6 Å². The number of benzene rings is 1. The Morgan fingerprint density at radius 3 is 2.62 bits per heavy atom. The minimum absolute atomic E-state index is 0.0775. The first-order valence-electron chi connectivity index (χ1n) is 12.8. The van der Waals surface area contributed by atoms with Gasteiger partial charge in [0, 0.05) is 16.8 Å². The van der Waals surface area contributed by atoms with Crippen molar-refractivity contribution in [2.75, 3.05) is 13.6 Å². The minimum atomic E-state index is -0.350. The zero-order chi connectivity index (χ0) is 27.8. The quantitative estimate of drug-likeness (QED) is 0.365. The molecule has 6 heteroatoms. The highest BCUT2D eigenvalue weighted by Gasteiger charge is 2.21. The second kappa shape index (κ2) is 17.1. The Morgan fingerprint density at radius 1 is 1.27 bits per heavy atom. The van der Waals surface area contributed by atoms with Gasteiger partial charge in [-0.05, 0) is 68.6 Å². The van der Waals surface area contributed by atoms with E-state index in [0.29, 0.717) is 17.7 Å². The van der Waals surface area contributed by atoms with E-state index < -0.39 is 0 Å². The van der Waals surface area contributed by atoms with E-state index in [1.54, 1.807) is 12.3 Å². The zero-order valence-corrected chi connectivity index (χ0v) is 22.8. The number of likely N-dealkylation sites (N-methyl/N-ethyl adjacent to an activating group) is 1. The van der Waals surface area contributed by atoms with Gasteiger partial charge in [-0.15, -0.1) is 0 Å². The molecule has 2 N–H and O–H groups in total. The number of rotatable bonds is 8. The summed E-state index contributed by atoms with van der Waals surface area (Å²) in [6, 6.07) is 4.43. The van der Waals surface area contributed by atoms with Crippen LogP contribution in [0.25, 0.3) is 0 Å². The lowest BCUT2D eigenvalue weighted by Gasteiger charge is -2.25. The second-order valence-electron chi connectivity index (χ2n) is 8.27. The molecule has 4 nitrogen and oxygen atoms in total. The molecule has 2 aliphatic rings. The minimum Gasteiger partial charge on any atom is -0.365 e. The lowest BCUT2D eigenvalue weighted by atomic mass is 9.93. The van der Waals surface area contributed by atoms with Crippen molar-refractivity contribution in [2.45, 2.75) is 53.0 Å². The summed E-state index contributed by atoms with van der Waals surface area (Å²) in [5, 5.41) is 6.35. The molecule has 1 aliphatic heterocycles. The fourth-order valence-electron chi connectivity index (χ4n) is 4.10. The maximum Gasteiger partial charge on any atom is 0.160 e. The van der Waals surface area contributed by atoms with Gasteiger partial charge in [0.25, 0.3) is 0 Å². The molecule has 1 aromatic carbocycles.